The molecule has 1 aromatic rings. The molecule has 5 rings (SSSR count). The lowest BCUT2D eigenvalue weighted by Gasteiger charge is -2.52. The van der Waals surface area contributed by atoms with Crippen molar-refractivity contribution in [3.8, 4) is 0 Å². The molecule has 204 valence electrons. The van der Waals surface area contributed by atoms with Gasteiger partial charge in [-0.2, -0.15) is 0 Å². The minimum absolute atomic E-state index is 0.0404. The van der Waals surface area contributed by atoms with Gasteiger partial charge in [-0.15, -0.1) is 0 Å². The fraction of sp³-hybridized carbons (Fsp3) is 0.742. The van der Waals surface area contributed by atoms with Crippen LogP contribution in [0.1, 0.15) is 85.0 Å². The average Bonchev–Trinajstić information content (AvgIpc) is 3.38. The predicted molar refractivity (Wildman–Crippen MR) is 148 cm³/mol. The van der Waals surface area contributed by atoms with E-state index in [-0.39, 0.29) is 12.1 Å². The monoisotopic (exact) mass is 509 g/mol. The fourth-order valence-electron chi connectivity index (χ4n) is 8.26. The van der Waals surface area contributed by atoms with E-state index in [0.717, 1.165) is 29.9 Å². The Labute approximate surface area is 223 Å². The number of para-hydroxylation sites is 1. The van der Waals surface area contributed by atoms with Gasteiger partial charge in [0.25, 0.3) is 0 Å². The summed E-state index contributed by atoms with van der Waals surface area (Å²) in [6, 6.07) is 11.8. The van der Waals surface area contributed by atoms with E-state index >= 15 is 0 Å². The first-order valence-electron chi connectivity index (χ1n) is 14.9. The van der Waals surface area contributed by atoms with Crippen LogP contribution < -0.4 is 4.90 Å². The molecule has 0 unspecified atom stereocenters. The number of amides is 2. The molecule has 2 aliphatic heterocycles. The number of carboxylic acids is 1. The Balaban J connectivity index is 1.34. The summed E-state index contributed by atoms with van der Waals surface area (Å²) in [4.78, 5) is 32.0. The molecule has 6 heteroatoms. The third kappa shape index (κ3) is 5.69. The number of nitrogens with zero attached hydrogens (tertiary/aromatic N) is 3. The number of likely N-dealkylation sites (tertiary alicyclic amines) is 2. The summed E-state index contributed by atoms with van der Waals surface area (Å²) in [5.41, 5.74) is 0.912. The molecule has 0 radical (unpaired) electrons. The van der Waals surface area contributed by atoms with Crippen molar-refractivity contribution in [2.75, 3.05) is 18.0 Å². The molecular formula is C31H47N3O3. The van der Waals surface area contributed by atoms with Crippen LogP contribution in [0.15, 0.2) is 30.3 Å². The van der Waals surface area contributed by atoms with Gasteiger partial charge in [0.05, 0.1) is 5.92 Å². The van der Waals surface area contributed by atoms with Crippen LogP contribution in [0.2, 0.25) is 0 Å². The summed E-state index contributed by atoms with van der Waals surface area (Å²) in [6.07, 6.45) is 12.2. The van der Waals surface area contributed by atoms with Crippen molar-refractivity contribution in [1.82, 2.24) is 9.80 Å². The summed E-state index contributed by atoms with van der Waals surface area (Å²) in [7, 11) is 0. The lowest BCUT2D eigenvalue weighted by atomic mass is 9.65. The minimum Gasteiger partial charge on any atom is -0.481 e. The van der Waals surface area contributed by atoms with Gasteiger partial charge in [-0.3, -0.25) is 14.6 Å². The highest BCUT2D eigenvalue weighted by Gasteiger charge is 2.43. The first kappa shape index (κ1) is 26.5. The van der Waals surface area contributed by atoms with E-state index in [1.807, 2.05) is 35.2 Å². The van der Waals surface area contributed by atoms with Gasteiger partial charge in [-0.25, -0.2) is 4.79 Å². The van der Waals surface area contributed by atoms with Crippen molar-refractivity contribution >= 4 is 17.7 Å². The summed E-state index contributed by atoms with van der Waals surface area (Å²) in [6.45, 7) is 7.92. The molecule has 8 atom stereocenters. The molecule has 1 N–H and O–H groups in total. The summed E-state index contributed by atoms with van der Waals surface area (Å²) < 4.78 is 0. The van der Waals surface area contributed by atoms with Crippen LogP contribution in [0, 0.1) is 23.7 Å². The van der Waals surface area contributed by atoms with Gasteiger partial charge < -0.3 is 10.0 Å². The molecule has 6 nitrogen and oxygen atoms in total. The number of rotatable bonds is 6. The number of hydrogen-bond acceptors (Lipinski definition) is 3. The number of piperidine rings is 1. The number of benzene rings is 1. The lowest BCUT2D eigenvalue weighted by Crippen LogP contribution is -2.56. The maximum Gasteiger partial charge on any atom is 0.324 e. The first-order valence-corrected chi connectivity index (χ1v) is 14.9. The SMILES string of the molecule is C[C@H]1CC[C@H]2C[C@@H]1C[C@H](N1[C@H](C[C@H](C)N(C(=O)N3CC[C@@H](C(=O)O)C3)c3ccccc3)CCC[C@@H]1C)C2. The van der Waals surface area contributed by atoms with Crippen LogP contribution >= 0.6 is 0 Å². The maximum atomic E-state index is 13.9. The van der Waals surface area contributed by atoms with Gasteiger partial charge in [0.15, 0.2) is 0 Å². The second-order valence-electron chi connectivity index (χ2n) is 12.8. The van der Waals surface area contributed by atoms with E-state index in [1.54, 1.807) is 4.90 Å². The Morgan fingerprint density at radius 1 is 1.03 bits per heavy atom. The third-order valence-electron chi connectivity index (χ3n) is 10.3. The van der Waals surface area contributed by atoms with Crippen LogP contribution in [0.4, 0.5) is 10.5 Å². The molecule has 4 fully saturated rings. The summed E-state index contributed by atoms with van der Waals surface area (Å²) in [5, 5.41) is 9.49. The standard InChI is InChI=1S/C31H47N3O3/c1-21-12-13-24-17-26(21)19-29(18-24)33-22(2)8-7-11-28(33)16-23(3)34(27-9-5-4-6-10-27)31(37)32-15-14-25(20-32)30(35)36/h4-6,9-10,21-26,28-29H,7-8,11-20H2,1-3H3,(H,35,36)/t21-,22-,23-,24-,25+,26+,28-,29+/m0/s1. The van der Waals surface area contributed by atoms with Crippen LogP contribution in [-0.2, 0) is 4.79 Å². The number of hydrogen-bond donors (Lipinski definition) is 1. The Hall–Kier alpha value is -2.08. The molecule has 2 saturated heterocycles. The van der Waals surface area contributed by atoms with Crippen LogP contribution in [0.3, 0.4) is 0 Å². The van der Waals surface area contributed by atoms with E-state index in [4.69, 9.17) is 0 Å². The van der Waals surface area contributed by atoms with Gasteiger partial charge in [0.1, 0.15) is 0 Å². The molecule has 2 bridgehead atoms. The third-order valence-corrected chi connectivity index (χ3v) is 10.3. The minimum atomic E-state index is -0.798. The number of carbonyl (C=O) groups excluding carboxylic acids is 1. The molecule has 0 spiro atoms. The van der Waals surface area contributed by atoms with E-state index in [9.17, 15) is 14.7 Å². The van der Waals surface area contributed by atoms with E-state index < -0.39 is 11.9 Å². The number of anilines is 1. The Morgan fingerprint density at radius 2 is 1.81 bits per heavy atom. The number of carbonyl (C=O) groups is 2. The topological polar surface area (TPSA) is 64.1 Å². The van der Waals surface area contributed by atoms with Crippen LogP contribution in [-0.4, -0.2) is 64.2 Å². The molecule has 1 aromatic carbocycles. The van der Waals surface area contributed by atoms with Gasteiger partial charge in [0, 0.05) is 42.9 Å². The van der Waals surface area contributed by atoms with Gasteiger partial charge in [-0.1, -0.05) is 44.4 Å². The molecule has 2 aliphatic carbocycles. The normalized spacial score (nSPS) is 35.2. The van der Waals surface area contributed by atoms with E-state index in [1.165, 1.54) is 51.4 Å². The smallest absolute Gasteiger partial charge is 0.324 e. The Morgan fingerprint density at radius 3 is 2.54 bits per heavy atom. The highest BCUT2D eigenvalue weighted by molar-refractivity contribution is 5.93. The molecular weight excluding hydrogens is 462 g/mol. The van der Waals surface area contributed by atoms with Crippen LogP contribution in [0.5, 0.6) is 0 Å². The molecule has 4 aliphatic rings. The van der Waals surface area contributed by atoms with Crippen molar-refractivity contribution in [3.63, 3.8) is 0 Å². The zero-order chi connectivity index (χ0) is 26.1. The number of fused-ring (bicyclic) bond motifs is 2. The van der Waals surface area contributed by atoms with E-state index in [0.29, 0.717) is 37.6 Å². The first-order chi connectivity index (χ1) is 17.8. The number of aliphatic carboxylic acids is 1. The van der Waals surface area contributed by atoms with Gasteiger partial charge >= 0.3 is 12.0 Å². The molecule has 37 heavy (non-hydrogen) atoms. The Bertz CT molecular complexity index is 939. The van der Waals surface area contributed by atoms with Crippen molar-refractivity contribution in [2.24, 2.45) is 23.7 Å². The quantitative estimate of drug-likeness (QED) is 0.492. The number of carboxylic acid groups (broad SMARTS) is 1. The van der Waals surface area contributed by atoms with Crippen LogP contribution in [0.25, 0.3) is 0 Å². The largest absolute Gasteiger partial charge is 0.481 e. The predicted octanol–water partition coefficient (Wildman–Crippen LogP) is 6.26. The second-order valence-corrected chi connectivity index (χ2v) is 12.8. The molecule has 2 heterocycles. The molecule has 2 saturated carbocycles. The summed E-state index contributed by atoms with van der Waals surface area (Å²) >= 11 is 0. The zero-order valence-corrected chi connectivity index (χ0v) is 23.1. The molecule has 2 amide bonds. The Kier molecular flexibility index (Phi) is 8.13. The molecule has 0 aromatic heterocycles. The van der Waals surface area contributed by atoms with Gasteiger partial charge in [-0.05, 0) is 88.7 Å². The maximum absolute atomic E-state index is 13.9. The highest BCUT2D eigenvalue weighted by Crippen LogP contribution is 2.46. The second kappa shape index (κ2) is 11.3. The van der Waals surface area contributed by atoms with Crippen molar-refractivity contribution in [1.29, 1.82) is 0 Å². The number of urea groups is 1. The van der Waals surface area contributed by atoms with Gasteiger partial charge in [0.2, 0.25) is 0 Å². The zero-order valence-electron chi connectivity index (χ0n) is 23.1. The van der Waals surface area contributed by atoms with Crippen molar-refractivity contribution in [3.05, 3.63) is 30.3 Å². The summed E-state index contributed by atoms with van der Waals surface area (Å²) in [5.74, 6) is 1.38. The highest BCUT2D eigenvalue weighted by atomic mass is 16.4. The average molecular weight is 510 g/mol. The van der Waals surface area contributed by atoms with E-state index in [2.05, 4.69) is 25.7 Å². The van der Waals surface area contributed by atoms with Crippen molar-refractivity contribution < 1.29 is 14.7 Å². The lowest BCUT2D eigenvalue weighted by molar-refractivity contribution is -0.141. The fourth-order valence-corrected chi connectivity index (χ4v) is 8.26. The van der Waals surface area contributed by atoms with Crippen molar-refractivity contribution in [2.45, 2.75) is 109 Å².